The van der Waals surface area contributed by atoms with Crippen LogP contribution in [0.4, 0.5) is 0 Å². The lowest BCUT2D eigenvalue weighted by Crippen LogP contribution is -2.36. The molecule has 3 N–H and O–H groups in total. The molecule has 3 rings (SSSR count). The van der Waals surface area contributed by atoms with Crippen molar-refractivity contribution in [1.82, 2.24) is 15.6 Å². The Morgan fingerprint density at radius 3 is 2.60 bits per heavy atom. The lowest BCUT2D eigenvalue weighted by molar-refractivity contribution is 0.110. The Bertz CT molecular complexity index is 922. The number of rotatable bonds is 9. The van der Waals surface area contributed by atoms with Gasteiger partial charge in [-0.05, 0) is 43.0 Å². The number of fused-ring (bicyclic) bond motifs is 1. The fraction of sp³-hybridized carbons (Fsp3) is 0.348. The van der Waals surface area contributed by atoms with Gasteiger partial charge in [0.05, 0.1) is 13.2 Å². The monoisotopic (exact) mass is 522 g/mol. The van der Waals surface area contributed by atoms with Crippen molar-refractivity contribution in [3.63, 3.8) is 0 Å². The van der Waals surface area contributed by atoms with Gasteiger partial charge in [0.25, 0.3) is 0 Å². The van der Waals surface area contributed by atoms with Crippen molar-refractivity contribution in [2.75, 3.05) is 26.9 Å². The number of halogens is 1. The van der Waals surface area contributed by atoms with Crippen LogP contribution in [0.3, 0.4) is 0 Å². The van der Waals surface area contributed by atoms with Crippen LogP contribution in [0, 0.1) is 6.92 Å². The van der Waals surface area contributed by atoms with Gasteiger partial charge in [-0.1, -0.05) is 30.3 Å². The van der Waals surface area contributed by atoms with E-state index in [4.69, 9.17) is 9.47 Å². The lowest BCUT2D eigenvalue weighted by atomic mass is 10.1. The van der Waals surface area contributed by atoms with Gasteiger partial charge in [-0.3, -0.25) is 4.99 Å². The van der Waals surface area contributed by atoms with Crippen LogP contribution < -0.4 is 15.4 Å². The average Bonchev–Trinajstić information content (AvgIpc) is 3.15. The maximum atomic E-state index is 5.92. The van der Waals surface area contributed by atoms with Gasteiger partial charge in [-0.25, -0.2) is 0 Å². The lowest BCUT2D eigenvalue weighted by Gasteiger charge is -2.15. The van der Waals surface area contributed by atoms with Gasteiger partial charge in [0.15, 0.2) is 5.96 Å². The molecule has 0 saturated heterocycles. The van der Waals surface area contributed by atoms with Gasteiger partial charge >= 0.3 is 0 Å². The quantitative estimate of drug-likeness (QED) is 0.169. The van der Waals surface area contributed by atoms with E-state index in [0.717, 1.165) is 28.5 Å². The zero-order valence-corrected chi connectivity index (χ0v) is 20.2. The highest BCUT2D eigenvalue weighted by molar-refractivity contribution is 14.0. The minimum absolute atomic E-state index is 0. The molecule has 1 aromatic heterocycles. The predicted octanol–water partition coefficient (Wildman–Crippen LogP) is 4.37. The van der Waals surface area contributed by atoms with Gasteiger partial charge < -0.3 is 25.1 Å². The zero-order valence-electron chi connectivity index (χ0n) is 17.8. The molecule has 2 aromatic carbocycles. The number of aliphatic imine (C=N–C) groups is 1. The molecule has 0 aliphatic rings. The van der Waals surface area contributed by atoms with Crippen molar-refractivity contribution >= 4 is 40.8 Å². The first-order chi connectivity index (χ1) is 14.2. The topological polar surface area (TPSA) is 70.7 Å². The van der Waals surface area contributed by atoms with Crippen molar-refractivity contribution in [3.05, 3.63) is 65.4 Å². The van der Waals surface area contributed by atoms with Crippen molar-refractivity contribution in [3.8, 4) is 5.75 Å². The molecule has 0 aliphatic carbocycles. The fourth-order valence-electron chi connectivity index (χ4n) is 3.10. The molecule has 0 radical (unpaired) electrons. The second kappa shape index (κ2) is 12.4. The van der Waals surface area contributed by atoms with Gasteiger partial charge in [0.1, 0.15) is 12.4 Å². The molecule has 0 spiro atoms. The molecule has 0 atom stereocenters. The summed E-state index contributed by atoms with van der Waals surface area (Å²) in [6, 6.07) is 16.7. The van der Waals surface area contributed by atoms with Crippen LogP contribution >= 0.6 is 24.0 Å². The molecule has 0 bridgehead atoms. The third-order valence-electron chi connectivity index (χ3n) is 4.61. The van der Waals surface area contributed by atoms with Crippen LogP contribution in [0.5, 0.6) is 5.75 Å². The van der Waals surface area contributed by atoms with Crippen molar-refractivity contribution in [2.24, 2.45) is 4.99 Å². The van der Waals surface area contributed by atoms with Gasteiger partial charge in [0.2, 0.25) is 0 Å². The van der Waals surface area contributed by atoms with Crippen LogP contribution in [0.25, 0.3) is 10.9 Å². The van der Waals surface area contributed by atoms with Crippen LogP contribution in [-0.2, 0) is 17.8 Å². The average molecular weight is 522 g/mol. The summed E-state index contributed by atoms with van der Waals surface area (Å²) in [5, 5.41) is 7.93. The molecule has 0 fully saturated rings. The first-order valence-corrected chi connectivity index (χ1v) is 10.0. The highest BCUT2D eigenvalue weighted by atomic mass is 127. The van der Waals surface area contributed by atoms with Crippen LogP contribution in [-0.4, -0.2) is 37.8 Å². The first kappa shape index (κ1) is 24.0. The number of aryl methyl sites for hydroxylation is 1. The SMILES string of the molecule is CCOCCOc1cc(C)ccc1CNC(=NC)NCc1cc2ccccc2[nH]1.I. The highest BCUT2D eigenvalue weighted by Crippen LogP contribution is 2.20. The summed E-state index contributed by atoms with van der Waals surface area (Å²) in [6.07, 6.45) is 0. The number of benzene rings is 2. The van der Waals surface area contributed by atoms with E-state index in [1.807, 2.05) is 19.1 Å². The summed E-state index contributed by atoms with van der Waals surface area (Å²) >= 11 is 0. The second-order valence-corrected chi connectivity index (χ2v) is 6.82. The fourth-order valence-corrected chi connectivity index (χ4v) is 3.10. The second-order valence-electron chi connectivity index (χ2n) is 6.82. The number of aromatic amines is 1. The molecule has 0 saturated carbocycles. The van der Waals surface area contributed by atoms with E-state index in [1.54, 1.807) is 7.05 Å². The molecular weight excluding hydrogens is 491 g/mol. The molecule has 0 aliphatic heterocycles. The molecular formula is C23H31IN4O2. The summed E-state index contributed by atoms with van der Waals surface area (Å²) in [5.74, 6) is 1.62. The Morgan fingerprint density at radius 1 is 1.03 bits per heavy atom. The highest BCUT2D eigenvalue weighted by Gasteiger charge is 2.07. The summed E-state index contributed by atoms with van der Waals surface area (Å²) in [5.41, 5.74) is 4.51. The number of nitrogens with zero attached hydrogens (tertiary/aromatic N) is 1. The standard InChI is InChI=1S/C23H30N4O2.HI/c1-4-28-11-12-29-22-13-17(2)9-10-19(22)15-25-23(24-3)26-16-20-14-18-7-5-6-8-21(18)27-20;/h5-10,13-14,27H,4,11-12,15-16H2,1-3H3,(H2,24,25,26);1H. The molecule has 162 valence electrons. The maximum absolute atomic E-state index is 5.92. The minimum atomic E-state index is 0. The molecule has 0 unspecified atom stereocenters. The third kappa shape index (κ3) is 6.91. The molecule has 3 aromatic rings. The third-order valence-corrected chi connectivity index (χ3v) is 4.61. The Kier molecular flexibility index (Phi) is 9.96. The van der Waals surface area contributed by atoms with E-state index in [-0.39, 0.29) is 24.0 Å². The largest absolute Gasteiger partial charge is 0.491 e. The molecule has 7 heteroatoms. The molecule has 0 amide bonds. The van der Waals surface area contributed by atoms with Crippen molar-refractivity contribution < 1.29 is 9.47 Å². The van der Waals surface area contributed by atoms with E-state index < -0.39 is 0 Å². The minimum Gasteiger partial charge on any atom is -0.491 e. The summed E-state index contributed by atoms with van der Waals surface area (Å²) in [4.78, 5) is 7.75. The Labute approximate surface area is 195 Å². The van der Waals surface area contributed by atoms with Crippen molar-refractivity contribution in [2.45, 2.75) is 26.9 Å². The van der Waals surface area contributed by atoms with E-state index >= 15 is 0 Å². The molecule has 30 heavy (non-hydrogen) atoms. The number of guanidine groups is 1. The van der Waals surface area contributed by atoms with E-state index in [9.17, 15) is 0 Å². The van der Waals surface area contributed by atoms with Crippen LogP contribution in [0.15, 0.2) is 53.5 Å². The van der Waals surface area contributed by atoms with Crippen molar-refractivity contribution in [1.29, 1.82) is 0 Å². The van der Waals surface area contributed by atoms with E-state index in [2.05, 4.69) is 63.9 Å². The predicted molar refractivity (Wildman–Crippen MR) is 134 cm³/mol. The number of hydrogen-bond donors (Lipinski definition) is 3. The number of para-hydroxylation sites is 1. The molecule has 1 heterocycles. The Hall–Kier alpha value is -2.26. The smallest absolute Gasteiger partial charge is 0.191 e. The van der Waals surface area contributed by atoms with Crippen LogP contribution in [0.2, 0.25) is 0 Å². The van der Waals surface area contributed by atoms with Gasteiger partial charge in [-0.15, -0.1) is 24.0 Å². The van der Waals surface area contributed by atoms with Crippen LogP contribution in [0.1, 0.15) is 23.7 Å². The number of ether oxygens (including phenoxy) is 2. The normalized spacial score (nSPS) is 11.2. The zero-order chi connectivity index (χ0) is 20.5. The summed E-state index contributed by atoms with van der Waals surface area (Å²) in [6.45, 7) is 7.16. The maximum Gasteiger partial charge on any atom is 0.191 e. The van der Waals surface area contributed by atoms with E-state index in [1.165, 1.54) is 10.9 Å². The Balaban J connectivity index is 0.00000320. The number of aromatic nitrogens is 1. The number of nitrogens with one attached hydrogen (secondary N) is 3. The number of H-pyrrole nitrogens is 1. The Morgan fingerprint density at radius 2 is 1.83 bits per heavy atom. The first-order valence-electron chi connectivity index (χ1n) is 10.0. The van der Waals surface area contributed by atoms with E-state index in [0.29, 0.717) is 32.9 Å². The summed E-state index contributed by atoms with van der Waals surface area (Å²) < 4.78 is 11.3. The molecule has 6 nitrogen and oxygen atoms in total. The van der Waals surface area contributed by atoms with Gasteiger partial charge in [0, 0.05) is 37.0 Å². The number of hydrogen-bond acceptors (Lipinski definition) is 3. The summed E-state index contributed by atoms with van der Waals surface area (Å²) in [7, 11) is 1.77. The van der Waals surface area contributed by atoms with Gasteiger partial charge in [-0.2, -0.15) is 0 Å².